The first-order chi connectivity index (χ1) is 10.2. The maximum absolute atomic E-state index is 12.7. The van der Waals surface area contributed by atoms with E-state index in [2.05, 4.69) is 0 Å². The molecule has 1 aromatic carbocycles. The highest BCUT2D eigenvalue weighted by Crippen LogP contribution is 2.26. The van der Waals surface area contributed by atoms with Crippen LogP contribution in [0.2, 0.25) is 0 Å². The molecular formula is C17H17NO2S. The zero-order valence-electron chi connectivity index (χ0n) is 12.1. The number of hydrogen-bond acceptors (Lipinski definition) is 3. The highest BCUT2D eigenvalue weighted by atomic mass is 32.1. The van der Waals surface area contributed by atoms with Gasteiger partial charge in [0.05, 0.1) is 6.54 Å². The molecule has 0 bridgehead atoms. The van der Waals surface area contributed by atoms with E-state index in [0.29, 0.717) is 18.8 Å². The third-order valence-corrected chi connectivity index (χ3v) is 4.49. The molecule has 0 aliphatic heterocycles. The van der Waals surface area contributed by atoms with Crippen molar-refractivity contribution in [2.45, 2.75) is 20.4 Å². The van der Waals surface area contributed by atoms with E-state index >= 15 is 0 Å². The van der Waals surface area contributed by atoms with Gasteiger partial charge in [-0.2, -0.15) is 0 Å². The number of furan rings is 1. The van der Waals surface area contributed by atoms with Gasteiger partial charge < -0.3 is 9.32 Å². The van der Waals surface area contributed by atoms with E-state index in [1.165, 1.54) is 4.88 Å². The molecular weight excluding hydrogens is 282 g/mol. The SMILES string of the molecule is CCN(Cc1cccs1)C(=O)c1oc2ccccc2c1C. The molecule has 4 heteroatoms. The van der Waals surface area contributed by atoms with E-state index in [0.717, 1.165) is 16.5 Å². The first kappa shape index (κ1) is 13.9. The molecule has 0 N–H and O–H groups in total. The minimum absolute atomic E-state index is 0.0420. The van der Waals surface area contributed by atoms with E-state index < -0.39 is 0 Å². The average molecular weight is 299 g/mol. The first-order valence-corrected chi connectivity index (χ1v) is 7.88. The molecule has 3 rings (SSSR count). The number of carbonyl (C=O) groups is 1. The quantitative estimate of drug-likeness (QED) is 0.712. The molecule has 3 aromatic rings. The Morgan fingerprint density at radius 3 is 2.71 bits per heavy atom. The predicted molar refractivity (Wildman–Crippen MR) is 85.7 cm³/mol. The molecule has 0 aliphatic rings. The molecule has 2 aromatic heterocycles. The molecule has 1 amide bonds. The van der Waals surface area contributed by atoms with E-state index in [-0.39, 0.29) is 5.91 Å². The number of rotatable bonds is 4. The van der Waals surface area contributed by atoms with Gasteiger partial charge in [0.1, 0.15) is 5.58 Å². The van der Waals surface area contributed by atoms with Gasteiger partial charge in [-0.05, 0) is 31.4 Å². The standard InChI is InChI=1S/C17H17NO2S/c1-3-18(11-13-7-6-10-21-13)17(19)16-12(2)14-8-4-5-9-15(14)20-16/h4-10H,3,11H2,1-2H3. The Kier molecular flexibility index (Phi) is 3.80. The molecule has 0 atom stereocenters. The number of para-hydroxylation sites is 1. The van der Waals surface area contributed by atoms with Crippen molar-refractivity contribution in [1.82, 2.24) is 4.90 Å². The van der Waals surface area contributed by atoms with Crippen LogP contribution in [0.4, 0.5) is 0 Å². The highest BCUT2D eigenvalue weighted by molar-refractivity contribution is 7.09. The maximum atomic E-state index is 12.7. The summed E-state index contributed by atoms with van der Waals surface area (Å²) in [5, 5.41) is 3.04. The van der Waals surface area contributed by atoms with Crippen LogP contribution in [0, 0.1) is 6.92 Å². The third kappa shape index (κ3) is 2.59. The highest BCUT2D eigenvalue weighted by Gasteiger charge is 2.22. The van der Waals surface area contributed by atoms with E-state index in [1.54, 1.807) is 11.3 Å². The van der Waals surface area contributed by atoms with Crippen LogP contribution < -0.4 is 0 Å². The Labute approximate surface area is 127 Å². The zero-order valence-corrected chi connectivity index (χ0v) is 12.9. The molecule has 2 heterocycles. The molecule has 0 unspecified atom stereocenters. The number of carbonyl (C=O) groups excluding carboxylic acids is 1. The van der Waals surface area contributed by atoms with Crippen molar-refractivity contribution in [2.24, 2.45) is 0 Å². The minimum atomic E-state index is -0.0420. The summed E-state index contributed by atoms with van der Waals surface area (Å²) in [5.74, 6) is 0.411. The second-order valence-corrected chi connectivity index (χ2v) is 5.98. The van der Waals surface area contributed by atoms with E-state index in [9.17, 15) is 4.79 Å². The van der Waals surface area contributed by atoms with Gasteiger partial charge in [0.2, 0.25) is 0 Å². The zero-order chi connectivity index (χ0) is 14.8. The van der Waals surface area contributed by atoms with Crippen LogP contribution in [0.25, 0.3) is 11.0 Å². The Bertz CT molecular complexity index is 758. The van der Waals surface area contributed by atoms with Crippen LogP contribution in [-0.4, -0.2) is 17.4 Å². The summed E-state index contributed by atoms with van der Waals surface area (Å²) in [6.45, 7) is 5.22. The second kappa shape index (κ2) is 5.74. The minimum Gasteiger partial charge on any atom is -0.451 e. The summed E-state index contributed by atoms with van der Waals surface area (Å²) < 4.78 is 5.77. The molecule has 0 spiro atoms. The van der Waals surface area contributed by atoms with Gasteiger partial charge in [-0.15, -0.1) is 11.3 Å². The number of fused-ring (bicyclic) bond motifs is 1. The number of nitrogens with zero attached hydrogens (tertiary/aromatic N) is 1. The number of benzene rings is 1. The lowest BCUT2D eigenvalue weighted by atomic mass is 10.1. The number of thiophene rings is 1. The Balaban J connectivity index is 1.93. The molecule has 108 valence electrons. The van der Waals surface area contributed by atoms with Gasteiger partial charge in [-0.25, -0.2) is 0 Å². The summed E-state index contributed by atoms with van der Waals surface area (Å²) in [7, 11) is 0. The predicted octanol–water partition coefficient (Wildman–Crippen LogP) is 4.47. The Hall–Kier alpha value is -2.07. The van der Waals surface area contributed by atoms with Crippen LogP contribution in [0.5, 0.6) is 0 Å². The van der Waals surface area contributed by atoms with Gasteiger partial charge in [-0.3, -0.25) is 4.79 Å². The summed E-state index contributed by atoms with van der Waals surface area (Å²) in [5.41, 5.74) is 1.69. The summed E-state index contributed by atoms with van der Waals surface area (Å²) in [6, 6.07) is 11.8. The molecule has 0 saturated heterocycles. The Morgan fingerprint density at radius 2 is 2.05 bits per heavy atom. The van der Waals surface area contributed by atoms with Crippen LogP contribution in [0.3, 0.4) is 0 Å². The molecule has 0 saturated carbocycles. The number of amides is 1. The van der Waals surface area contributed by atoms with Gasteiger partial charge in [0.25, 0.3) is 5.91 Å². The van der Waals surface area contributed by atoms with Crippen molar-refractivity contribution in [3.8, 4) is 0 Å². The fourth-order valence-electron chi connectivity index (χ4n) is 2.44. The van der Waals surface area contributed by atoms with Crippen LogP contribution >= 0.6 is 11.3 Å². The van der Waals surface area contributed by atoms with Crippen LogP contribution in [0.1, 0.15) is 27.9 Å². The normalized spacial score (nSPS) is 11.0. The van der Waals surface area contributed by atoms with Crippen molar-refractivity contribution in [1.29, 1.82) is 0 Å². The van der Waals surface area contributed by atoms with Crippen molar-refractivity contribution in [3.63, 3.8) is 0 Å². The maximum Gasteiger partial charge on any atom is 0.290 e. The lowest BCUT2D eigenvalue weighted by molar-refractivity contribution is 0.0723. The largest absolute Gasteiger partial charge is 0.451 e. The average Bonchev–Trinajstić information content (AvgIpc) is 3.13. The smallest absolute Gasteiger partial charge is 0.290 e. The van der Waals surface area contributed by atoms with Crippen molar-refractivity contribution in [3.05, 3.63) is 58.0 Å². The Morgan fingerprint density at radius 1 is 1.24 bits per heavy atom. The second-order valence-electron chi connectivity index (χ2n) is 4.95. The van der Waals surface area contributed by atoms with Gasteiger partial charge in [-0.1, -0.05) is 24.3 Å². The van der Waals surface area contributed by atoms with Crippen molar-refractivity contribution in [2.75, 3.05) is 6.54 Å². The van der Waals surface area contributed by atoms with E-state index in [4.69, 9.17) is 4.42 Å². The van der Waals surface area contributed by atoms with Crippen molar-refractivity contribution < 1.29 is 9.21 Å². The number of aryl methyl sites for hydroxylation is 1. The van der Waals surface area contributed by atoms with Crippen molar-refractivity contribution >= 4 is 28.2 Å². The number of hydrogen-bond donors (Lipinski definition) is 0. The van der Waals surface area contributed by atoms with Crippen LogP contribution in [-0.2, 0) is 6.54 Å². The van der Waals surface area contributed by atoms with Crippen LogP contribution in [0.15, 0.2) is 46.2 Å². The van der Waals surface area contributed by atoms with E-state index in [1.807, 2.05) is 60.5 Å². The fourth-order valence-corrected chi connectivity index (χ4v) is 3.16. The summed E-state index contributed by atoms with van der Waals surface area (Å²) in [4.78, 5) is 15.7. The fraction of sp³-hybridized carbons (Fsp3) is 0.235. The monoisotopic (exact) mass is 299 g/mol. The lowest BCUT2D eigenvalue weighted by Crippen LogP contribution is -2.30. The molecule has 0 fully saturated rings. The summed E-state index contributed by atoms with van der Waals surface area (Å²) in [6.07, 6.45) is 0. The third-order valence-electron chi connectivity index (χ3n) is 3.63. The molecule has 0 radical (unpaired) electrons. The topological polar surface area (TPSA) is 33.5 Å². The molecule has 3 nitrogen and oxygen atoms in total. The van der Waals surface area contributed by atoms with Gasteiger partial charge in [0.15, 0.2) is 5.76 Å². The molecule has 21 heavy (non-hydrogen) atoms. The van der Waals surface area contributed by atoms with Gasteiger partial charge in [0, 0.05) is 22.4 Å². The van der Waals surface area contributed by atoms with Gasteiger partial charge >= 0.3 is 0 Å². The first-order valence-electron chi connectivity index (χ1n) is 7.00. The molecule has 0 aliphatic carbocycles. The lowest BCUT2D eigenvalue weighted by Gasteiger charge is -2.19. The summed E-state index contributed by atoms with van der Waals surface area (Å²) >= 11 is 1.66.